The third kappa shape index (κ3) is 4.31. The molecule has 4 atom stereocenters. The molecule has 1 aromatic rings. The second-order valence-electron chi connectivity index (χ2n) is 9.81. The maximum atomic E-state index is 13.1. The molecule has 4 aliphatic rings. The molecule has 16 heteroatoms. The lowest BCUT2D eigenvalue weighted by Gasteiger charge is -2.50. The summed E-state index contributed by atoms with van der Waals surface area (Å²) in [6.07, 6.45) is 0. The molecule has 3 fully saturated rings. The molecule has 14 nitrogen and oxygen atoms in total. The van der Waals surface area contributed by atoms with Crippen LogP contribution in [0.2, 0.25) is 0 Å². The van der Waals surface area contributed by atoms with Gasteiger partial charge in [0.25, 0.3) is 11.8 Å². The number of carbonyl (C=O) groups excluding carboxylic acids is 3. The van der Waals surface area contributed by atoms with Gasteiger partial charge in [-0.05, 0) is 0 Å². The van der Waals surface area contributed by atoms with Crippen molar-refractivity contribution in [2.45, 2.75) is 11.4 Å². The molecule has 2 unspecified atom stereocenters. The molecule has 3 aliphatic heterocycles. The van der Waals surface area contributed by atoms with Gasteiger partial charge in [-0.2, -0.15) is 9.36 Å². The number of nitrogens with one attached hydrogen (secondary N) is 2. The van der Waals surface area contributed by atoms with Crippen molar-refractivity contribution in [1.29, 1.82) is 0 Å². The van der Waals surface area contributed by atoms with Crippen LogP contribution < -0.4 is 16.4 Å². The van der Waals surface area contributed by atoms with Crippen molar-refractivity contribution in [3.63, 3.8) is 0 Å². The summed E-state index contributed by atoms with van der Waals surface area (Å²) in [5.41, 5.74) is 6.01. The maximum Gasteiger partial charge on any atom is 0.352 e. The van der Waals surface area contributed by atoms with Crippen LogP contribution in [-0.4, -0.2) is 111 Å². The van der Waals surface area contributed by atoms with E-state index in [1.165, 1.54) is 23.8 Å². The molecular formula is C21H27N8O6S2+. The highest BCUT2D eigenvalue weighted by molar-refractivity contribution is 8.00. The Morgan fingerprint density at radius 1 is 1.32 bits per heavy atom. The van der Waals surface area contributed by atoms with Gasteiger partial charge >= 0.3 is 5.97 Å². The summed E-state index contributed by atoms with van der Waals surface area (Å²) in [6.45, 7) is 2.06. The number of rotatable bonds is 8. The number of hydrogen-bond acceptors (Lipinski definition) is 11. The van der Waals surface area contributed by atoms with Crippen molar-refractivity contribution in [1.82, 2.24) is 24.9 Å². The smallest absolute Gasteiger partial charge is 0.352 e. The predicted octanol–water partition coefficient (Wildman–Crippen LogP) is -1.72. The second-order valence-corrected chi connectivity index (χ2v) is 11.7. The number of β-lactam (4-membered cyclic amide) rings is 1. The number of nitrogens with two attached hydrogens (primary N) is 1. The van der Waals surface area contributed by atoms with Crippen molar-refractivity contribution in [2.75, 3.05) is 52.3 Å². The van der Waals surface area contributed by atoms with Gasteiger partial charge in [0.15, 0.2) is 5.13 Å². The summed E-state index contributed by atoms with van der Waals surface area (Å²) in [5.74, 6) is -1.34. The van der Waals surface area contributed by atoms with E-state index in [9.17, 15) is 24.3 Å². The van der Waals surface area contributed by atoms with Gasteiger partial charge in [-0.25, -0.2) is 4.79 Å². The Kier molecular flexibility index (Phi) is 6.35. The molecule has 1 saturated carbocycles. The van der Waals surface area contributed by atoms with Gasteiger partial charge < -0.3 is 30.8 Å². The van der Waals surface area contributed by atoms with Crippen molar-refractivity contribution in [3.05, 3.63) is 17.1 Å². The van der Waals surface area contributed by atoms with Gasteiger partial charge in [-0.15, -0.1) is 11.8 Å². The summed E-state index contributed by atoms with van der Waals surface area (Å²) in [6, 6.07) is -0.941. The molecule has 4 heterocycles. The van der Waals surface area contributed by atoms with Crippen LogP contribution in [0.3, 0.4) is 0 Å². The Morgan fingerprint density at radius 3 is 2.59 bits per heavy atom. The van der Waals surface area contributed by atoms with Crippen LogP contribution in [0.5, 0.6) is 0 Å². The number of thioether (sulfide) groups is 1. The number of nitrogen functional groups attached to an aromatic ring is 1. The minimum atomic E-state index is -1.18. The van der Waals surface area contributed by atoms with Gasteiger partial charge in [-0.1, -0.05) is 5.16 Å². The summed E-state index contributed by atoms with van der Waals surface area (Å²) < 4.78 is 4.59. The largest absolute Gasteiger partial charge is 0.477 e. The lowest BCUT2D eigenvalue weighted by molar-refractivity contribution is -0.898. The molecule has 5 rings (SSSR count). The molecule has 0 bridgehead atoms. The van der Waals surface area contributed by atoms with E-state index in [1.54, 1.807) is 7.05 Å². The van der Waals surface area contributed by atoms with Gasteiger partial charge in [0.2, 0.25) is 17.4 Å². The highest BCUT2D eigenvalue weighted by Gasteiger charge is 2.65. The zero-order valence-electron chi connectivity index (χ0n) is 20.3. The number of carboxylic acids is 1. The predicted molar refractivity (Wildman–Crippen MR) is 133 cm³/mol. The van der Waals surface area contributed by atoms with Gasteiger partial charge in [0.1, 0.15) is 30.8 Å². The van der Waals surface area contributed by atoms with Gasteiger partial charge in [0, 0.05) is 41.7 Å². The van der Waals surface area contributed by atoms with Crippen LogP contribution in [-0.2, 0) is 24.0 Å². The highest BCUT2D eigenvalue weighted by Crippen LogP contribution is 2.54. The number of likely N-dealkylation sites (N-methyl/N-ethyl adjacent to an activating group) is 1. The fraction of sp³-hybridized carbons (Fsp3) is 0.571. The summed E-state index contributed by atoms with van der Waals surface area (Å²) >= 11 is 2.28. The molecule has 198 valence electrons. The van der Waals surface area contributed by atoms with Gasteiger partial charge in [-0.3, -0.25) is 19.3 Å². The van der Waals surface area contributed by atoms with E-state index in [0.717, 1.165) is 24.6 Å². The standard InChI is InChI=1S/C21H26N8O6S2/c1-23-16(30)11-9-5-29(2,6-10(9)11)4-8-7-36-19-13(18(32)28(19)14(8)20(33)34)24-17(31)12(26-35-3)15-25-21(22)37-27-15/h9-11,13,19H,4-7H2,1-3H3,(H4-,22,23,24,25,27,30,31,33,34)/p+1/b26-12-/t9?,10?,11?,13-,19+,29?/m1/s1. The van der Waals surface area contributed by atoms with Crippen LogP contribution >= 0.6 is 23.3 Å². The van der Waals surface area contributed by atoms with Crippen molar-refractivity contribution < 1.29 is 33.6 Å². The topological polar surface area (TPSA) is 189 Å². The van der Waals surface area contributed by atoms with Crippen LogP contribution in [0.15, 0.2) is 16.4 Å². The molecule has 0 spiro atoms. The monoisotopic (exact) mass is 551 g/mol. The fourth-order valence-corrected chi connectivity index (χ4v) is 7.57. The number of aromatic nitrogens is 2. The molecule has 2 saturated heterocycles. The zero-order chi connectivity index (χ0) is 26.6. The van der Waals surface area contributed by atoms with Crippen LogP contribution in [0.4, 0.5) is 5.13 Å². The number of carboxylic acid groups (broad SMARTS) is 1. The third-order valence-corrected chi connectivity index (χ3v) is 9.23. The van der Waals surface area contributed by atoms with Crippen LogP contribution in [0.25, 0.3) is 0 Å². The number of nitrogens with zero attached hydrogens (tertiary/aromatic N) is 5. The first-order chi connectivity index (χ1) is 17.6. The first kappa shape index (κ1) is 25.4. The van der Waals surface area contributed by atoms with E-state index in [4.69, 9.17) is 10.6 Å². The normalized spacial score (nSPS) is 32.3. The minimum Gasteiger partial charge on any atom is -0.477 e. The van der Waals surface area contributed by atoms with E-state index < -0.39 is 29.2 Å². The number of amides is 3. The molecule has 1 aliphatic carbocycles. The summed E-state index contributed by atoms with van der Waals surface area (Å²) in [4.78, 5) is 60.1. The lowest BCUT2D eigenvalue weighted by atomic mass is 10.0. The number of likely N-dealkylation sites (tertiary alicyclic amines) is 1. The van der Waals surface area contributed by atoms with Gasteiger partial charge in [0.05, 0.1) is 26.1 Å². The van der Waals surface area contributed by atoms with E-state index in [-0.39, 0.29) is 34.2 Å². The number of carbonyl (C=O) groups is 4. The number of hydrogen-bond donors (Lipinski definition) is 4. The zero-order valence-corrected chi connectivity index (χ0v) is 22.0. The molecule has 37 heavy (non-hydrogen) atoms. The summed E-state index contributed by atoms with van der Waals surface area (Å²) in [7, 11) is 4.96. The van der Waals surface area contributed by atoms with Crippen molar-refractivity contribution in [2.24, 2.45) is 22.9 Å². The maximum absolute atomic E-state index is 13.1. The van der Waals surface area contributed by atoms with E-state index >= 15 is 0 Å². The second kappa shape index (κ2) is 9.25. The molecule has 0 aromatic carbocycles. The van der Waals surface area contributed by atoms with E-state index in [2.05, 4.69) is 32.2 Å². The SMILES string of the molecule is CNC(=O)C1C2C[N+](C)(CC3=C(C(=O)O)N4C(=O)[C@@H](NC(=O)/C(=N\OC)c5nsc(N)n5)[C@@H]4SC3)CC21. The Morgan fingerprint density at radius 2 is 2.03 bits per heavy atom. The van der Waals surface area contributed by atoms with E-state index in [1.807, 2.05) is 0 Å². The first-order valence-corrected chi connectivity index (χ1v) is 13.4. The molecule has 3 amide bonds. The lowest BCUT2D eigenvalue weighted by Crippen LogP contribution is -2.71. The number of quaternary nitrogens is 1. The number of aliphatic carboxylic acids is 1. The Labute approximate surface area is 220 Å². The van der Waals surface area contributed by atoms with Crippen molar-refractivity contribution in [3.8, 4) is 0 Å². The third-order valence-electron chi connectivity index (χ3n) is 7.34. The highest BCUT2D eigenvalue weighted by atomic mass is 32.2. The van der Waals surface area contributed by atoms with Crippen LogP contribution in [0.1, 0.15) is 5.82 Å². The first-order valence-electron chi connectivity index (χ1n) is 11.5. The average Bonchev–Trinajstić information content (AvgIpc) is 3.14. The number of piperidine rings is 1. The number of anilines is 1. The molecular weight excluding hydrogens is 524 g/mol. The van der Waals surface area contributed by atoms with Crippen molar-refractivity contribution >= 4 is 57.8 Å². The number of oxime groups is 1. The Bertz CT molecular complexity index is 1240. The fourth-order valence-electron chi connectivity index (χ4n) is 5.80. The number of fused-ring (bicyclic) bond motifs is 2. The van der Waals surface area contributed by atoms with E-state index in [0.29, 0.717) is 34.2 Å². The molecule has 0 radical (unpaired) electrons. The molecule has 5 N–H and O–H groups in total. The Balaban J connectivity index is 1.29. The minimum absolute atomic E-state index is 0.0262. The quantitative estimate of drug-likeness (QED) is 0.125. The average molecular weight is 552 g/mol. The molecule has 1 aromatic heterocycles. The van der Waals surface area contributed by atoms with Crippen LogP contribution in [0, 0.1) is 17.8 Å². The summed E-state index contributed by atoms with van der Waals surface area (Å²) in [5, 5.41) is 18.6. The Hall–Kier alpha value is -3.24.